The molecule has 0 radical (unpaired) electrons. The smallest absolute Gasteiger partial charge is 0.258 e. The van der Waals surface area contributed by atoms with Crippen LogP contribution >= 0.6 is 0 Å². The Morgan fingerprint density at radius 1 is 1.08 bits per heavy atom. The van der Waals surface area contributed by atoms with Crippen LogP contribution in [-0.4, -0.2) is 36.9 Å². The normalized spacial score (nSPS) is 13.0. The number of hydrogen-bond donors (Lipinski definition) is 2. The third-order valence-electron chi connectivity index (χ3n) is 3.52. The summed E-state index contributed by atoms with van der Waals surface area (Å²) in [7, 11) is 1.61. The Balaban J connectivity index is 1.77. The fourth-order valence-electron chi connectivity index (χ4n) is 2.25. The molecule has 1 amide bonds. The van der Waals surface area contributed by atoms with E-state index in [0.717, 1.165) is 11.3 Å². The van der Waals surface area contributed by atoms with E-state index in [9.17, 15) is 9.90 Å². The van der Waals surface area contributed by atoms with E-state index >= 15 is 0 Å². The van der Waals surface area contributed by atoms with Crippen molar-refractivity contribution in [2.24, 2.45) is 0 Å². The van der Waals surface area contributed by atoms with Gasteiger partial charge in [-0.05, 0) is 36.8 Å². The average molecular weight is 329 g/mol. The summed E-state index contributed by atoms with van der Waals surface area (Å²) in [6, 6.07) is 16.6. The van der Waals surface area contributed by atoms with Crippen LogP contribution < -0.4 is 14.8 Å². The first-order valence-electron chi connectivity index (χ1n) is 7.78. The van der Waals surface area contributed by atoms with Crippen LogP contribution in [0.1, 0.15) is 12.5 Å². The molecule has 2 aromatic rings. The summed E-state index contributed by atoms with van der Waals surface area (Å²) in [6.07, 6.45) is 0.427. The van der Waals surface area contributed by atoms with Gasteiger partial charge in [-0.15, -0.1) is 0 Å². The van der Waals surface area contributed by atoms with Crippen LogP contribution in [0.5, 0.6) is 11.5 Å². The van der Waals surface area contributed by atoms with Gasteiger partial charge >= 0.3 is 0 Å². The first-order chi connectivity index (χ1) is 11.5. The summed E-state index contributed by atoms with van der Waals surface area (Å²) in [5.41, 5.74) is -0.0765. The van der Waals surface area contributed by atoms with Gasteiger partial charge in [0.05, 0.1) is 12.7 Å². The molecule has 5 heteroatoms. The van der Waals surface area contributed by atoms with Crippen LogP contribution in [0.4, 0.5) is 0 Å². The summed E-state index contributed by atoms with van der Waals surface area (Å²) in [4.78, 5) is 11.8. The zero-order chi connectivity index (χ0) is 17.4. The van der Waals surface area contributed by atoms with Crippen molar-refractivity contribution in [2.45, 2.75) is 18.9 Å². The SMILES string of the molecule is COc1ccc(CC(C)(O)CNC(=O)COc2ccccc2)cc1. The zero-order valence-electron chi connectivity index (χ0n) is 14.0. The molecule has 2 aromatic carbocycles. The number of hydrogen-bond acceptors (Lipinski definition) is 4. The second-order valence-corrected chi connectivity index (χ2v) is 5.90. The maximum atomic E-state index is 11.8. The number of ether oxygens (including phenoxy) is 2. The van der Waals surface area contributed by atoms with Crippen LogP contribution in [0, 0.1) is 0 Å². The number of aliphatic hydroxyl groups is 1. The van der Waals surface area contributed by atoms with Crippen molar-refractivity contribution in [1.29, 1.82) is 0 Å². The number of rotatable bonds is 8. The number of methoxy groups -OCH3 is 1. The van der Waals surface area contributed by atoms with Gasteiger partial charge in [0, 0.05) is 13.0 Å². The predicted octanol–water partition coefficient (Wildman–Crippen LogP) is 2.18. The molecule has 0 saturated carbocycles. The summed E-state index contributed by atoms with van der Waals surface area (Å²) in [6.45, 7) is 1.76. The molecule has 2 N–H and O–H groups in total. The third kappa shape index (κ3) is 5.93. The molecule has 0 fully saturated rings. The van der Waals surface area contributed by atoms with E-state index < -0.39 is 5.60 Å². The van der Waals surface area contributed by atoms with Crippen LogP contribution in [0.3, 0.4) is 0 Å². The van der Waals surface area contributed by atoms with Gasteiger partial charge < -0.3 is 19.9 Å². The fourth-order valence-corrected chi connectivity index (χ4v) is 2.25. The Labute approximate surface area is 142 Å². The van der Waals surface area contributed by atoms with Gasteiger partial charge in [-0.2, -0.15) is 0 Å². The molecule has 0 aliphatic heterocycles. The lowest BCUT2D eigenvalue weighted by Gasteiger charge is -2.24. The summed E-state index contributed by atoms with van der Waals surface area (Å²) in [5, 5.41) is 13.1. The Morgan fingerprint density at radius 2 is 1.75 bits per heavy atom. The number of amides is 1. The molecule has 1 unspecified atom stereocenters. The van der Waals surface area contributed by atoms with E-state index in [1.165, 1.54) is 0 Å². The standard InChI is InChI=1S/C19H23NO4/c1-19(22,12-15-8-10-16(23-2)11-9-15)14-20-18(21)13-24-17-6-4-3-5-7-17/h3-11,22H,12-14H2,1-2H3,(H,20,21). The number of carbonyl (C=O) groups is 1. The highest BCUT2D eigenvalue weighted by Crippen LogP contribution is 2.16. The van der Waals surface area contributed by atoms with Crippen LogP contribution in [0.25, 0.3) is 0 Å². The first kappa shape index (κ1) is 17.8. The lowest BCUT2D eigenvalue weighted by Crippen LogP contribution is -2.43. The van der Waals surface area contributed by atoms with Gasteiger partial charge in [0.25, 0.3) is 5.91 Å². The minimum Gasteiger partial charge on any atom is -0.497 e. The van der Waals surface area contributed by atoms with Crippen LogP contribution in [0.15, 0.2) is 54.6 Å². The maximum Gasteiger partial charge on any atom is 0.258 e. The van der Waals surface area contributed by atoms with Crippen molar-refractivity contribution in [1.82, 2.24) is 5.32 Å². The summed E-state index contributed by atoms with van der Waals surface area (Å²) in [5.74, 6) is 1.14. The molecule has 2 rings (SSSR count). The van der Waals surface area contributed by atoms with Gasteiger partial charge in [0.2, 0.25) is 0 Å². The monoisotopic (exact) mass is 329 g/mol. The van der Waals surface area contributed by atoms with Gasteiger partial charge in [-0.25, -0.2) is 0 Å². The number of para-hydroxylation sites is 1. The van der Waals surface area contributed by atoms with Gasteiger partial charge in [0.1, 0.15) is 11.5 Å². The second-order valence-electron chi connectivity index (χ2n) is 5.90. The molecule has 0 spiro atoms. The molecular formula is C19H23NO4. The highest BCUT2D eigenvalue weighted by Gasteiger charge is 2.22. The highest BCUT2D eigenvalue weighted by atomic mass is 16.5. The second kappa shape index (κ2) is 8.36. The first-order valence-corrected chi connectivity index (χ1v) is 7.78. The molecule has 24 heavy (non-hydrogen) atoms. The zero-order valence-corrected chi connectivity index (χ0v) is 14.0. The van der Waals surface area contributed by atoms with Crippen molar-refractivity contribution in [3.8, 4) is 11.5 Å². The van der Waals surface area contributed by atoms with E-state index in [-0.39, 0.29) is 19.1 Å². The fraction of sp³-hybridized carbons (Fsp3) is 0.316. The van der Waals surface area contributed by atoms with E-state index in [1.54, 1.807) is 26.2 Å². The predicted molar refractivity (Wildman–Crippen MR) is 92.3 cm³/mol. The lowest BCUT2D eigenvalue weighted by atomic mass is 9.96. The van der Waals surface area contributed by atoms with E-state index in [4.69, 9.17) is 9.47 Å². The lowest BCUT2D eigenvalue weighted by molar-refractivity contribution is -0.124. The van der Waals surface area contributed by atoms with Gasteiger partial charge in [0.15, 0.2) is 6.61 Å². The van der Waals surface area contributed by atoms with Crippen LogP contribution in [-0.2, 0) is 11.2 Å². The van der Waals surface area contributed by atoms with Crippen molar-refractivity contribution >= 4 is 5.91 Å². The number of nitrogens with one attached hydrogen (secondary N) is 1. The Morgan fingerprint density at radius 3 is 2.38 bits per heavy atom. The van der Waals surface area contributed by atoms with Crippen molar-refractivity contribution in [3.63, 3.8) is 0 Å². The Kier molecular flexibility index (Phi) is 6.21. The molecule has 0 saturated heterocycles. The Bertz CT molecular complexity index is 638. The van der Waals surface area contributed by atoms with Gasteiger partial charge in [-0.1, -0.05) is 30.3 Å². The molecule has 0 aromatic heterocycles. The van der Waals surface area contributed by atoms with E-state index in [1.807, 2.05) is 42.5 Å². The molecule has 0 aliphatic rings. The average Bonchev–Trinajstić information content (AvgIpc) is 2.59. The summed E-state index contributed by atoms with van der Waals surface area (Å²) >= 11 is 0. The summed E-state index contributed by atoms with van der Waals surface area (Å²) < 4.78 is 10.5. The number of carbonyl (C=O) groups excluding carboxylic acids is 1. The third-order valence-corrected chi connectivity index (χ3v) is 3.52. The Hall–Kier alpha value is -2.53. The molecule has 1 atom stereocenters. The van der Waals surface area contributed by atoms with Crippen LogP contribution in [0.2, 0.25) is 0 Å². The largest absolute Gasteiger partial charge is 0.497 e. The van der Waals surface area contributed by atoms with Crippen molar-refractivity contribution in [2.75, 3.05) is 20.3 Å². The van der Waals surface area contributed by atoms with Crippen molar-refractivity contribution < 1.29 is 19.4 Å². The topological polar surface area (TPSA) is 67.8 Å². The number of benzene rings is 2. The molecule has 5 nitrogen and oxygen atoms in total. The molecule has 128 valence electrons. The molecule has 0 bridgehead atoms. The molecule has 0 heterocycles. The van der Waals surface area contributed by atoms with Crippen molar-refractivity contribution in [3.05, 3.63) is 60.2 Å². The minimum absolute atomic E-state index is 0.0807. The van der Waals surface area contributed by atoms with Gasteiger partial charge in [-0.3, -0.25) is 4.79 Å². The molecular weight excluding hydrogens is 306 g/mol. The van der Waals surface area contributed by atoms with E-state index in [0.29, 0.717) is 12.2 Å². The van der Waals surface area contributed by atoms with E-state index in [2.05, 4.69) is 5.32 Å². The maximum absolute atomic E-state index is 11.8. The molecule has 0 aliphatic carbocycles. The highest BCUT2D eigenvalue weighted by molar-refractivity contribution is 5.77. The minimum atomic E-state index is -1.04. The quantitative estimate of drug-likeness (QED) is 0.779.